The van der Waals surface area contributed by atoms with Crippen molar-refractivity contribution in [3.63, 3.8) is 0 Å². The lowest BCUT2D eigenvalue weighted by molar-refractivity contribution is -0.302. The van der Waals surface area contributed by atoms with Crippen molar-refractivity contribution in [1.82, 2.24) is 5.32 Å². The summed E-state index contributed by atoms with van der Waals surface area (Å²) in [6.07, 6.45) is 80.2. The van der Waals surface area contributed by atoms with Gasteiger partial charge in [0.05, 0.1) is 25.4 Å². The molecule has 9 heteroatoms. The highest BCUT2D eigenvalue weighted by Crippen LogP contribution is 2.23. The quantitative estimate of drug-likeness (QED) is 0.0261. The largest absolute Gasteiger partial charge is 0.394 e. The van der Waals surface area contributed by atoms with Crippen LogP contribution in [-0.2, 0) is 14.3 Å². The third-order valence-corrected chi connectivity index (χ3v) is 15.1. The Hall–Kier alpha value is -3.15. The van der Waals surface area contributed by atoms with Crippen LogP contribution >= 0.6 is 0 Å². The third-order valence-electron chi connectivity index (χ3n) is 15.1. The first-order valence-electron chi connectivity index (χ1n) is 33.1. The van der Waals surface area contributed by atoms with E-state index >= 15 is 0 Å². The number of rotatable bonds is 56. The summed E-state index contributed by atoms with van der Waals surface area (Å²) in [4.78, 5) is 13.1. The number of aliphatic hydroxyl groups is 5. The molecule has 1 aliphatic rings. The number of amides is 1. The van der Waals surface area contributed by atoms with E-state index in [4.69, 9.17) is 9.47 Å². The molecule has 9 nitrogen and oxygen atoms in total. The lowest BCUT2D eigenvalue weighted by atomic mass is 9.99. The molecule has 80 heavy (non-hydrogen) atoms. The van der Waals surface area contributed by atoms with E-state index in [1.165, 1.54) is 167 Å². The van der Waals surface area contributed by atoms with Crippen LogP contribution in [0.1, 0.15) is 277 Å². The van der Waals surface area contributed by atoms with Crippen LogP contribution in [0, 0.1) is 0 Å². The molecule has 0 radical (unpaired) electrons. The van der Waals surface area contributed by atoms with Crippen LogP contribution in [-0.4, -0.2) is 87.5 Å². The van der Waals surface area contributed by atoms with E-state index < -0.39 is 49.5 Å². The standard InChI is InChI=1S/C71H123NO8/c1-3-5-7-9-11-13-15-17-19-21-23-25-26-27-28-29-30-31-32-33-34-35-36-37-38-39-40-41-43-45-47-49-51-53-55-57-59-61-67(75)72-64(63-79-71-70(78)69(77)68(76)66(62-73)80-71)65(74)60-58-56-54-52-50-48-46-44-42-24-22-20-18-16-14-12-10-8-6-4-2/h5,7,11,13,17,19,23,25,27-28,30-31,33-34,36-37,58,60,64-66,68-71,73-74,76-78H,3-4,6,8-10,12,14-16,18,20-22,24,26,29,32,35,38-57,59,61-63H2,1-2H3,(H,72,75)/b7-5-,13-11-,19-17-,25-23-,28-27-,31-30-,34-33-,37-36-,60-58+. The van der Waals surface area contributed by atoms with E-state index in [-0.39, 0.29) is 12.5 Å². The van der Waals surface area contributed by atoms with Crippen molar-refractivity contribution in [3.05, 3.63) is 109 Å². The third kappa shape index (κ3) is 47.4. The first-order chi connectivity index (χ1) is 39.3. The summed E-state index contributed by atoms with van der Waals surface area (Å²) in [6.45, 7) is 3.68. The summed E-state index contributed by atoms with van der Waals surface area (Å²) in [5.74, 6) is -0.181. The average molecular weight is 1120 g/mol. The zero-order valence-corrected chi connectivity index (χ0v) is 51.3. The minimum atomic E-state index is -1.57. The molecule has 6 N–H and O–H groups in total. The predicted molar refractivity (Wildman–Crippen MR) is 341 cm³/mol. The second-order valence-electron chi connectivity index (χ2n) is 22.5. The second kappa shape index (κ2) is 59.0. The van der Waals surface area contributed by atoms with Crippen LogP contribution in [0.5, 0.6) is 0 Å². The summed E-state index contributed by atoms with van der Waals surface area (Å²) >= 11 is 0. The number of carbonyl (C=O) groups is 1. The number of aliphatic hydroxyl groups excluding tert-OH is 5. The molecule has 1 heterocycles. The van der Waals surface area contributed by atoms with Crippen molar-refractivity contribution in [2.75, 3.05) is 13.2 Å². The van der Waals surface area contributed by atoms with Crippen molar-refractivity contribution < 1.29 is 39.8 Å². The van der Waals surface area contributed by atoms with Gasteiger partial charge in [0.2, 0.25) is 5.91 Å². The van der Waals surface area contributed by atoms with Crippen LogP contribution in [0.4, 0.5) is 0 Å². The van der Waals surface area contributed by atoms with Gasteiger partial charge in [-0.2, -0.15) is 0 Å². The van der Waals surface area contributed by atoms with Gasteiger partial charge in [-0.25, -0.2) is 0 Å². The zero-order valence-electron chi connectivity index (χ0n) is 51.3. The van der Waals surface area contributed by atoms with E-state index in [2.05, 4.69) is 116 Å². The van der Waals surface area contributed by atoms with Gasteiger partial charge in [0.1, 0.15) is 24.4 Å². The molecule has 0 aromatic carbocycles. The first-order valence-corrected chi connectivity index (χ1v) is 33.1. The van der Waals surface area contributed by atoms with Gasteiger partial charge < -0.3 is 40.3 Å². The first kappa shape index (κ1) is 74.9. The van der Waals surface area contributed by atoms with Crippen molar-refractivity contribution in [3.8, 4) is 0 Å². The summed E-state index contributed by atoms with van der Waals surface area (Å²) < 4.78 is 11.3. The molecule has 460 valence electrons. The fraction of sp³-hybridized carbons (Fsp3) is 0.732. The molecule has 0 aromatic heterocycles. The Labute approximate surface area is 491 Å². The van der Waals surface area contributed by atoms with E-state index in [1.807, 2.05) is 6.08 Å². The maximum Gasteiger partial charge on any atom is 0.220 e. The van der Waals surface area contributed by atoms with Gasteiger partial charge in [-0.05, 0) is 83.5 Å². The van der Waals surface area contributed by atoms with Gasteiger partial charge in [-0.15, -0.1) is 0 Å². The molecule has 1 aliphatic heterocycles. The molecule has 0 saturated carbocycles. The van der Waals surface area contributed by atoms with Crippen LogP contribution < -0.4 is 5.32 Å². The van der Waals surface area contributed by atoms with Crippen molar-refractivity contribution in [2.45, 2.75) is 320 Å². The molecule has 1 rings (SSSR count). The number of ether oxygens (including phenoxy) is 2. The minimum Gasteiger partial charge on any atom is -0.394 e. The van der Waals surface area contributed by atoms with Crippen LogP contribution in [0.3, 0.4) is 0 Å². The topological polar surface area (TPSA) is 149 Å². The van der Waals surface area contributed by atoms with Crippen LogP contribution in [0.2, 0.25) is 0 Å². The molecule has 0 aromatic rings. The molecule has 0 spiro atoms. The molecule has 0 bridgehead atoms. The molecule has 1 amide bonds. The highest BCUT2D eigenvalue weighted by Gasteiger charge is 2.44. The average Bonchev–Trinajstić information content (AvgIpc) is 3.46. The fourth-order valence-corrected chi connectivity index (χ4v) is 9.94. The molecule has 0 aliphatic carbocycles. The van der Waals surface area contributed by atoms with Gasteiger partial charge in [0.15, 0.2) is 6.29 Å². The lowest BCUT2D eigenvalue weighted by Crippen LogP contribution is -2.60. The van der Waals surface area contributed by atoms with Crippen molar-refractivity contribution in [1.29, 1.82) is 0 Å². The van der Waals surface area contributed by atoms with Gasteiger partial charge >= 0.3 is 0 Å². The van der Waals surface area contributed by atoms with Crippen molar-refractivity contribution >= 4 is 5.91 Å². The van der Waals surface area contributed by atoms with Gasteiger partial charge in [0.25, 0.3) is 0 Å². The molecular formula is C71H123NO8. The minimum absolute atomic E-state index is 0.181. The van der Waals surface area contributed by atoms with Gasteiger partial charge in [-0.3, -0.25) is 4.79 Å². The summed E-state index contributed by atoms with van der Waals surface area (Å²) in [5.41, 5.74) is 0. The van der Waals surface area contributed by atoms with Crippen molar-refractivity contribution in [2.24, 2.45) is 0 Å². The molecule has 1 fully saturated rings. The Morgan fingerprint density at radius 1 is 0.438 bits per heavy atom. The second-order valence-corrected chi connectivity index (χ2v) is 22.5. The smallest absolute Gasteiger partial charge is 0.220 e. The number of hydrogen-bond acceptors (Lipinski definition) is 8. The highest BCUT2D eigenvalue weighted by atomic mass is 16.7. The fourth-order valence-electron chi connectivity index (χ4n) is 9.94. The van der Waals surface area contributed by atoms with E-state index in [0.29, 0.717) is 6.42 Å². The van der Waals surface area contributed by atoms with E-state index in [9.17, 15) is 30.3 Å². The SMILES string of the molecule is CC/C=C\C/C=C\C/C=C\C/C=C\C/C=C\C/C=C\C/C=C\C/C=C\CCCCCCCCCCCCCCC(=O)NC(COC1OC(CO)C(O)C(O)C1O)C(O)/C=C/CCCCCCCCCCCCCCCCCCCC. The monoisotopic (exact) mass is 1120 g/mol. The number of nitrogens with one attached hydrogen (secondary N) is 1. The predicted octanol–water partition coefficient (Wildman–Crippen LogP) is 17.7. The Kier molecular flexibility index (Phi) is 55.2. The summed E-state index contributed by atoms with van der Waals surface area (Å²) in [5, 5.41) is 54.7. The zero-order chi connectivity index (χ0) is 57.9. The molecule has 7 atom stereocenters. The lowest BCUT2D eigenvalue weighted by Gasteiger charge is -2.40. The Morgan fingerprint density at radius 2 is 0.775 bits per heavy atom. The molecule has 7 unspecified atom stereocenters. The van der Waals surface area contributed by atoms with Crippen LogP contribution in [0.25, 0.3) is 0 Å². The van der Waals surface area contributed by atoms with Gasteiger partial charge in [-0.1, -0.05) is 297 Å². The van der Waals surface area contributed by atoms with Crippen LogP contribution in [0.15, 0.2) is 109 Å². The number of hydrogen-bond donors (Lipinski definition) is 6. The summed E-state index contributed by atoms with van der Waals surface area (Å²) in [7, 11) is 0. The number of unbranched alkanes of at least 4 members (excludes halogenated alkanes) is 30. The molecule has 1 saturated heterocycles. The normalized spacial score (nSPS) is 19.2. The number of carbonyl (C=O) groups excluding carboxylic acids is 1. The van der Waals surface area contributed by atoms with E-state index in [0.717, 1.165) is 89.9 Å². The highest BCUT2D eigenvalue weighted by molar-refractivity contribution is 5.76. The number of allylic oxidation sites excluding steroid dienone is 17. The molecular weight excluding hydrogens is 995 g/mol. The maximum atomic E-state index is 13.1. The Morgan fingerprint density at radius 3 is 1.15 bits per heavy atom. The Bertz CT molecular complexity index is 1630. The summed E-state index contributed by atoms with van der Waals surface area (Å²) in [6, 6.07) is -0.813. The maximum absolute atomic E-state index is 13.1. The van der Waals surface area contributed by atoms with Gasteiger partial charge in [0, 0.05) is 6.42 Å². The Balaban J connectivity index is 2.15. The van der Waals surface area contributed by atoms with E-state index in [1.54, 1.807) is 6.08 Å².